The van der Waals surface area contributed by atoms with Crippen LogP contribution in [-0.4, -0.2) is 0 Å². The monoisotopic (exact) mass is 691 g/mol. The third kappa shape index (κ3) is 5.70. The molecule has 0 radical (unpaired) electrons. The number of furan rings is 1. The molecule has 0 fully saturated rings. The van der Waals surface area contributed by atoms with Crippen LogP contribution in [-0.2, 0) is 0 Å². The lowest BCUT2D eigenvalue weighted by molar-refractivity contribution is 0.674. The van der Waals surface area contributed by atoms with E-state index < -0.39 is 0 Å². The highest BCUT2D eigenvalue weighted by Gasteiger charge is 2.18. The molecule has 2 heteroatoms. The molecule has 0 spiro atoms. The third-order valence-electron chi connectivity index (χ3n) is 10.8. The smallest absolute Gasteiger partial charge is 0.143 e. The number of benzene rings is 8. The number of hydrogen-bond acceptors (Lipinski definition) is 2. The molecule has 10 rings (SSSR count). The summed E-state index contributed by atoms with van der Waals surface area (Å²) in [6.45, 7) is 0. The van der Waals surface area contributed by atoms with Crippen molar-refractivity contribution >= 4 is 55.3 Å². The van der Waals surface area contributed by atoms with Crippen molar-refractivity contribution in [3.8, 4) is 33.4 Å². The summed E-state index contributed by atoms with van der Waals surface area (Å²) in [5, 5.41) is 4.60. The van der Waals surface area contributed by atoms with E-state index in [0.29, 0.717) is 0 Å². The van der Waals surface area contributed by atoms with Crippen molar-refractivity contribution in [3.05, 3.63) is 206 Å². The van der Waals surface area contributed by atoms with Gasteiger partial charge in [0.05, 0.1) is 0 Å². The van der Waals surface area contributed by atoms with Crippen LogP contribution in [0.4, 0.5) is 17.1 Å². The van der Waals surface area contributed by atoms with Gasteiger partial charge in [-0.3, -0.25) is 0 Å². The van der Waals surface area contributed by atoms with E-state index in [1.54, 1.807) is 0 Å². The molecule has 0 bridgehead atoms. The summed E-state index contributed by atoms with van der Waals surface area (Å²) in [5.74, 6) is 0. The van der Waals surface area contributed by atoms with Gasteiger partial charge in [0.2, 0.25) is 0 Å². The van der Waals surface area contributed by atoms with Gasteiger partial charge in [-0.25, -0.2) is 0 Å². The summed E-state index contributed by atoms with van der Waals surface area (Å²) in [6.07, 6.45) is 8.82. The Labute approximate surface area is 315 Å². The van der Waals surface area contributed by atoms with Gasteiger partial charge in [0, 0.05) is 38.8 Å². The Hall–Kier alpha value is -6.90. The average Bonchev–Trinajstić information content (AvgIpc) is 3.65. The van der Waals surface area contributed by atoms with Crippen molar-refractivity contribution in [3.63, 3.8) is 0 Å². The first kappa shape index (κ1) is 31.8. The first-order valence-electron chi connectivity index (χ1n) is 18.7. The van der Waals surface area contributed by atoms with Crippen molar-refractivity contribution in [2.45, 2.75) is 12.8 Å². The molecule has 9 aromatic rings. The van der Waals surface area contributed by atoms with Gasteiger partial charge in [0.25, 0.3) is 0 Å². The van der Waals surface area contributed by atoms with Crippen LogP contribution in [0.5, 0.6) is 0 Å². The number of fused-ring (bicyclic) bond motifs is 5. The van der Waals surface area contributed by atoms with Gasteiger partial charge < -0.3 is 9.32 Å². The summed E-state index contributed by atoms with van der Waals surface area (Å²) < 4.78 is 6.76. The fourth-order valence-corrected chi connectivity index (χ4v) is 8.05. The van der Waals surface area contributed by atoms with Gasteiger partial charge in [0.15, 0.2) is 0 Å². The Morgan fingerprint density at radius 2 is 0.963 bits per heavy atom. The highest BCUT2D eigenvalue weighted by molar-refractivity contribution is 6.17. The number of rotatable bonds is 7. The minimum absolute atomic E-state index is 0.918. The molecule has 1 aliphatic rings. The molecule has 1 aromatic heterocycles. The van der Waals surface area contributed by atoms with E-state index in [-0.39, 0.29) is 0 Å². The molecule has 256 valence electrons. The maximum atomic E-state index is 6.76. The Bertz CT molecular complexity index is 2840. The molecular weight excluding hydrogens is 655 g/mol. The van der Waals surface area contributed by atoms with Crippen LogP contribution < -0.4 is 4.90 Å². The third-order valence-corrected chi connectivity index (χ3v) is 10.8. The van der Waals surface area contributed by atoms with Gasteiger partial charge in [-0.05, 0) is 99.6 Å². The SMILES string of the molecule is C1=CCCC(c2ccc(N(c3ccc(-c4ccccc4)cc3)c3ccc(-c4ccccc4-c4cccc5c4oc4c6ccccc6ccc54)cc3)cc2)=C1. The van der Waals surface area contributed by atoms with E-state index in [0.717, 1.165) is 73.9 Å². The maximum absolute atomic E-state index is 6.76. The number of hydrogen-bond donors (Lipinski definition) is 0. The van der Waals surface area contributed by atoms with E-state index in [9.17, 15) is 0 Å². The molecule has 0 unspecified atom stereocenters. The highest BCUT2D eigenvalue weighted by atomic mass is 16.3. The van der Waals surface area contributed by atoms with Crippen LogP contribution in [0, 0.1) is 0 Å². The second kappa shape index (κ2) is 13.6. The number of allylic oxidation sites excluding steroid dienone is 4. The molecule has 0 atom stereocenters. The van der Waals surface area contributed by atoms with E-state index in [4.69, 9.17) is 4.42 Å². The lowest BCUT2D eigenvalue weighted by Gasteiger charge is -2.26. The largest absolute Gasteiger partial charge is 0.455 e. The quantitative estimate of drug-likeness (QED) is 0.165. The van der Waals surface area contributed by atoms with E-state index in [2.05, 4.69) is 205 Å². The normalized spacial score (nSPS) is 12.7. The Balaban J connectivity index is 1.05. The summed E-state index contributed by atoms with van der Waals surface area (Å²) in [5.41, 5.74) is 14.8. The molecule has 0 N–H and O–H groups in total. The van der Waals surface area contributed by atoms with Crippen LogP contribution in [0.2, 0.25) is 0 Å². The number of para-hydroxylation sites is 1. The van der Waals surface area contributed by atoms with Gasteiger partial charge in [-0.2, -0.15) is 0 Å². The van der Waals surface area contributed by atoms with Gasteiger partial charge >= 0.3 is 0 Å². The Morgan fingerprint density at radius 1 is 0.389 bits per heavy atom. The molecule has 1 heterocycles. The zero-order valence-electron chi connectivity index (χ0n) is 29.8. The van der Waals surface area contributed by atoms with Crippen LogP contribution in [0.25, 0.3) is 71.7 Å². The van der Waals surface area contributed by atoms with Crippen LogP contribution in [0.15, 0.2) is 205 Å². The number of nitrogens with zero attached hydrogens (tertiary/aromatic N) is 1. The first-order chi connectivity index (χ1) is 26.8. The first-order valence-corrected chi connectivity index (χ1v) is 18.7. The van der Waals surface area contributed by atoms with Gasteiger partial charge in [-0.15, -0.1) is 0 Å². The molecule has 0 aliphatic heterocycles. The van der Waals surface area contributed by atoms with E-state index in [1.807, 2.05) is 0 Å². The molecule has 54 heavy (non-hydrogen) atoms. The molecule has 2 nitrogen and oxygen atoms in total. The number of anilines is 3. The summed E-state index contributed by atoms with van der Waals surface area (Å²) in [7, 11) is 0. The molecule has 1 aliphatic carbocycles. The fraction of sp³-hybridized carbons (Fsp3) is 0.0385. The molecular formula is C52H37NO. The zero-order valence-corrected chi connectivity index (χ0v) is 29.8. The highest BCUT2D eigenvalue weighted by Crippen LogP contribution is 2.43. The van der Waals surface area contributed by atoms with Gasteiger partial charge in [0.1, 0.15) is 11.2 Å². The average molecular weight is 692 g/mol. The zero-order chi connectivity index (χ0) is 35.8. The lowest BCUT2D eigenvalue weighted by atomic mass is 9.93. The van der Waals surface area contributed by atoms with Crippen molar-refractivity contribution in [1.82, 2.24) is 0 Å². The second-order valence-electron chi connectivity index (χ2n) is 14.0. The van der Waals surface area contributed by atoms with E-state index >= 15 is 0 Å². The van der Waals surface area contributed by atoms with Gasteiger partial charge in [-0.1, -0.05) is 158 Å². The van der Waals surface area contributed by atoms with E-state index in [1.165, 1.54) is 33.2 Å². The van der Waals surface area contributed by atoms with Crippen LogP contribution >= 0.6 is 0 Å². The molecule has 0 saturated heterocycles. The molecule has 0 amide bonds. The van der Waals surface area contributed by atoms with Crippen LogP contribution in [0.1, 0.15) is 18.4 Å². The molecule has 0 saturated carbocycles. The predicted molar refractivity (Wildman–Crippen MR) is 229 cm³/mol. The van der Waals surface area contributed by atoms with Crippen molar-refractivity contribution < 1.29 is 4.42 Å². The summed E-state index contributed by atoms with van der Waals surface area (Å²) in [4.78, 5) is 2.35. The minimum atomic E-state index is 0.918. The van der Waals surface area contributed by atoms with Crippen molar-refractivity contribution in [2.24, 2.45) is 0 Å². The Morgan fingerprint density at radius 3 is 1.69 bits per heavy atom. The summed E-state index contributed by atoms with van der Waals surface area (Å²) in [6, 6.07) is 65.5. The summed E-state index contributed by atoms with van der Waals surface area (Å²) >= 11 is 0. The fourth-order valence-electron chi connectivity index (χ4n) is 8.05. The van der Waals surface area contributed by atoms with Crippen LogP contribution in [0.3, 0.4) is 0 Å². The topological polar surface area (TPSA) is 16.4 Å². The second-order valence-corrected chi connectivity index (χ2v) is 14.0. The maximum Gasteiger partial charge on any atom is 0.143 e. The van der Waals surface area contributed by atoms with Crippen molar-refractivity contribution in [1.29, 1.82) is 0 Å². The van der Waals surface area contributed by atoms with Crippen molar-refractivity contribution in [2.75, 3.05) is 4.90 Å². The molecule has 8 aromatic carbocycles. The Kier molecular flexibility index (Phi) is 8.00. The standard InChI is InChI=1S/C52H37NO/c1-3-12-36(13-4-1)38-22-29-42(30-23-38)53(43-31-24-39(25-32-43)37-14-5-2-6-15-37)44-33-26-41(27-34-44)45-17-9-10-19-47(45)48-20-11-21-49-50-35-28-40-16-7-8-18-46(40)51(50)54-52(48)49/h1-5,7-14,16-35H,6,15H2. The lowest BCUT2D eigenvalue weighted by Crippen LogP contribution is -2.10. The predicted octanol–water partition coefficient (Wildman–Crippen LogP) is 14.9. The minimum Gasteiger partial charge on any atom is -0.455 e.